The van der Waals surface area contributed by atoms with E-state index in [1.807, 2.05) is 24.3 Å². The van der Waals surface area contributed by atoms with Crippen LogP contribution in [0.3, 0.4) is 0 Å². The summed E-state index contributed by atoms with van der Waals surface area (Å²) in [6.45, 7) is 0. The van der Waals surface area contributed by atoms with E-state index in [1.54, 1.807) is 0 Å². The standard InChI is InChI=1S/C15H17NO/c17-15-13(10-11-6-2-1-3-7-11)12-8-4-5-9-14(12)16-15/h4-5,8-11H,1-3,6-7H2,(H,16,17). The molecule has 2 nitrogen and oxygen atoms in total. The van der Waals surface area contributed by atoms with Gasteiger partial charge in [-0.05, 0) is 24.8 Å². The quantitative estimate of drug-likeness (QED) is 0.730. The summed E-state index contributed by atoms with van der Waals surface area (Å²) in [5, 5.41) is 2.93. The van der Waals surface area contributed by atoms with Crippen LogP contribution >= 0.6 is 0 Å². The van der Waals surface area contributed by atoms with Gasteiger partial charge in [0.1, 0.15) is 0 Å². The van der Waals surface area contributed by atoms with E-state index in [0.29, 0.717) is 5.92 Å². The van der Waals surface area contributed by atoms with Crippen LogP contribution in [0.2, 0.25) is 0 Å². The molecule has 0 radical (unpaired) electrons. The number of anilines is 1. The molecule has 2 heteroatoms. The van der Waals surface area contributed by atoms with Gasteiger partial charge in [-0.25, -0.2) is 0 Å². The Morgan fingerprint density at radius 2 is 1.88 bits per heavy atom. The summed E-state index contributed by atoms with van der Waals surface area (Å²) in [6, 6.07) is 7.95. The summed E-state index contributed by atoms with van der Waals surface area (Å²) in [5.74, 6) is 0.660. The zero-order chi connectivity index (χ0) is 11.7. The van der Waals surface area contributed by atoms with Crippen molar-refractivity contribution in [2.75, 3.05) is 5.32 Å². The van der Waals surface area contributed by atoms with Gasteiger partial charge in [-0.3, -0.25) is 4.79 Å². The minimum absolute atomic E-state index is 0.0665. The van der Waals surface area contributed by atoms with Crippen molar-refractivity contribution in [3.8, 4) is 0 Å². The van der Waals surface area contributed by atoms with Gasteiger partial charge in [0.05, 0.1) is 0 Å². The summed E-state index contributed by atoms with van der Waals surface area (Å²) in [4.78, 5) is 11.9. The van der Waals surface area contributed by atoms with Crippen molar-refractivity contribution in [1.82, 2.24) is 0 Å². The highest BCUT2D eigenvalue weighted by molar-refractivity contribution is 6.31. The second kappa shape index (κ2) is 4.36. The fourth-order valence-electron chi connectivity index (χ4n) is 2.84. The predicted octanol–water partition coefficient (Wildman–Crippen LogP) is 3.60. The fourth-order valence-corrected chi connectivity index (χ4v) is 2.84. The Hall–Kier alpha value is -1.57. The molecule has 0 bridgehead atoms. The first kappa shape index (κ1) is 10.6. The van der Waals surface area contributed by atoms with Crippen molar-refractivity contribution in [3.63, 3.8) is 0 Å². The van der Waals surface area contributed by atoms with Crippen molar-refractivity contribution in [3.05, 3.63) is 35.9 Å². The molecular weight excluding hydrogens is 210 g/mol. The molecule has 3 rings (SSSR count). The molecule has 2 aliphatic rings. The van der Waals surface area contributed by atoms with Gasteiger partial charge < -0.3 is 5.32 Å². The average Bonchev–Trinajstić information content (AvgIpc) is 2.68. The number of nitrogens with one attached hydrogen (secondary N) is 1. The van der Waals surface area contributed by atoms with Gasteiger partial charge in [-0.1, -0.05) is 43.5 Å². The van der Waals surface area contributed by atoms with Crippen molar-refractivity contribution < 1.29 is 4.79 Å². The lowest BCUT2D eigenvalue weighted by molar-refractivity contribution is -0.110. The van der Waals surface area contributed by atoms with E-state index in [1.165, 1.54) is 32.1 Å². The predicted molar refractivity (Wildman–Crippen MR) is 69.6 cm³/mol. The molecule has 0 unspecified atom stereocenters. The zero-order valence-electron chi connectivity index (χ0n) is 9.91. The molecule has 1 aliphatic heterocycles. The fraction of sp³-hybridized carbons (Fsp3) is 0.400. The molecule has 1 aliphatic carbocycles. The van der Waals surface area contributed by atoms with Crippen LogP contribution in [0, 0.1) is 5.92 Å². The first-order valence-corrected chi connectivity index (χ1v) is 6.47. The van der Waals surface area contributed by atoms with Crippen LogP contribution in [-0.2, 0) is 4.79 Å². The van der Waals surface area contributed by atoms with E-state index < -0.39 is 0 Å². The van der Waals surface area contributed by atoms with E-state index in [4.69, 9.17) is 0 Å². The van der Waals surface area contributed by atoms with Gasteiger partial charge in [0, 0.05) is 16.8 Å². The van der Waals surface area contributed by atoms with Crippen LogP contribution in [-0.4, -0.2) is 5.91 Å². The van der Waals surface area contributed by atoms with Crippen LogP contribution in [0.4, 0.5) is 5.69 Å². The molecule has 17 heavy (non-hydrogen) atoms. The monoisotopic (exact) mass is 227 g/mol. The molecule has 1 aromatic rings. The highest BCUT2D eigenvalue weighted by Gasteiger charge is 2.24. The van der Waals surface area contributed by atoms with E-state index in [-0.39, 0.29) is 5.91 Å². The third-order valence-corrected chi connectivity index (χ3v) is 3.76. The number of fused-ring (bicyclic) bond motifs is 1. The first-order valence-electron chi connectivity index (χ1n) is 6.47. The van der Waals surface area contributed by atoms with Crippen LogP contribution < -0.4 is 5.32 Å². The molecule has 0 atom stereocenters. The van der Waals surface area contributed by atoms with Gasteiger partial charge in [-0.15, -0.1) is 0 Å². The molecule has 0 aromatic heterocycles. The topological polar surface area (TPSA) is 29.1 Å². The molecule has 1 aromatic carbocycles. The molecule has 0 spiro atoms. The Balaban J connectivity index is 1.92. The highest BCUT2D eigenvalue weighted by Crippen LogP contribution is 2.34. The van der Waals surface area contributed by atoms with Crippen LogP contribution in [0.15, 0.2) is 30.3 Å². The minimum atomic E-state index is 0.0665. The number of hydrogen-bond donors (Lipinski definition) is 1. The maximum atomic E-state index is 11.9. The number of hydrogen-bond acceptors (Lipinski definition) is 1. The maximum Gasteiger partial charge on any atom is 0.256 e. The third kappa shape index (κ3) is 1.99. The Morgan fingerprint density at radius 3 is 2.71 bits per heavy atom. The van der Waals surface area contributed by atoms with Gasteiger partial charge in [-0.2, -0.15) is 0 Å². The van der Waals surface area contributed by atoms with Gasteiger partial charge >= 0.3 is 0 Å². The number of benzene rings is 1. The van der Waals surface area contributed by atoms with Crippen LogP contribution in [0.25, 0.3) is 5.57 Å². The van der Waals surface area contributed by atoms with E-state index in [9.17, 15) is 4.79 Å². The summed E-state index contributed by atoms with van der Waals surface area (Å²) in [5.41, 5.74) is 2.91. The molecular formula is C15H17NO. The lowest BCUT2D eigenvalue weighted by atomic mass is 9.87. The second-order valence-corrected chi connectivity index (χ2v) is 4.98. The lowest BCUT2D eigenvalue weighted by Crippen LogP contribution is -2.08. The summed E-state index contributed by atoms with van der Waals surface area (Å²) < 4.78 is 0. The highest BCUT2D eigenvalue weighted by atomic mass is 16.2. The lowest BCUT2D eigenvalue weighted by Gasteiger charge is -2.18. The number of carbonyl (C=O) groups is 1. The summed E-state index contributed by atoms with van der Waals surface area (Å²) >= 11 is 0. The molecule has 88 valence electrons. The molecule has 1 heterocycles. The van der Waals surface area contributed by atoms with E-state index >= 15 is 0 Å². The summed E-state index contributed by atoms with van der Waals surface area (Å²) in [6.07, 6.45) is 8.62. The van der Waals surface area contributed by atoms with Gasteiger partial charge in [0.2, 0.25) is 0 Å². The maximum absolute atomic E-state index is 11.9. The second-order valence-electron chi connectivity index (χ2n) is 4.98. The van der Waals surface area contributed by atoms with Crippen LogP contribution in [0.1, 0.15) is 37.7 Å². The largest absolute Gasteiger partial charge is 0.321 e. The van der Waals surface area contributed by atoms with Crippen molar-refractivity contribution >= 4 is 17.2 Å². The van der Waals surface area contributed by atoms with Crippen LogP contribution in [0.5, 0.6) is 0 Å². The molecule has 1 amide bonds. The number of allylic oxidation sites excluding steroid dienone is 1. The SMILES string of the molecule is O=C1Nc2ccccc2C1=CC1CCCCC1. The Bertz CT molecular complexity index is 470. The first-order chi connectivity index (χ1) is 8.34. The Morgan fingerprint density at radius 1 is 1.12 bits per heavy atom. The van der Waals surface area contributed by atoms with Crippen molar-refractivity contribution in [2.24, 2.45) is 5.92 Å². The van der Waals surface area contributed by atoms with E-state index in [2.05, 4.69) is 11.4 Å². The normalized spacial score (nSPS) is 22.6. The number of para-hydroxylation sites is 1. The number of rotatable bonds is 1. The molecule has 1 fully saturated rings. The summed E-state index contributed by atoms with van der Waals surface area (Å²) in [7, 11) is 0. The van der Waals surface area contributed by atoms with Crippen molar-refractivity contribution in [1.29, 1.82) is 0 Å². The van der Waals surface area contributed by atoms with Crippen molar-refractivity contribution in [2.45, 2.75) is 32.1 Å². The van der Waals surface area contributed by atoms with Gasteiger partial charge in [0.15, 0.2) is 0 Å². The number of carbonyl (C=O) groups excluding carboxylic acids is 1. The average molecular weight is 227 g/mol. The third-order valence-electron chi connectivity index (χ3n) is 3.76. The molecule has 1 N–H and O–H groups in total. The number of amides is 1. The zero-order valence-corrected chi connectivity index (χ0v) is 9.91. The van der Waals surface area contributed by atoms with Gasteiger partial charge in [0.25, 0.3) is 5.91 Å². The Kier molecular flexibility index (Phi) is 2.71. The Labute approximate surface area is 102 Å². The van der Waals surface area contributed by atoms with E-state index in [0.717, 1.165) is 16.8 Å². The minimum Gasteiger partial charge on any atom is -0.321 e. The molecule has 0 saturated heterocycles. The molecule has 1 saturated carbocycles. The smallest absolute Gasteiger partial charge is 0.256 e.